The number of hydrogen-bond acceptors (Lipinski definition) is 3. The first-order chi connectivity index (χ1) is 11.1. The Bertz CT molecular complexity index is 821. The zero-order valence-electron chi connectivity index (χ0n) is 11.9. The van der Waals surface area contributed by atoms with Crippen molar-refractivity contribution in [1.82, 2.24) is 0 Å². The lowest BCUT2D eigenvalue weighted by Crippen LogP contribution is -2.01. The SMILES string of the molecule is O=C1OC(/C=C/c2ccc(Cl)cc2)=NC1=Cc1ccc(F)cc1. The van der Waals surface area contributed by atoms with Crippen molar-refractivity contribution >= 4 is 35.6 Å². The fraction of sp³-hybridized carbons (Fsp3) is 0. The molecule has 0 saturated carbocycles. The first-order valence-electron chi connectivity index (χ1n) is 6.82. The molecule has 0 amide bonds. The van der Waals surface area contributed by atoms with Gasteiger partial charge in [0.1, 0.15) is 5.82 Å². The van der Waals surface area contributed by atoms with E-state index in [-0.39, 0.29) is 17.4 Å². The van der Waals surface area contributed by atoms with Crippen molar-refractivity contribution < 1.29 is 13.9 Å². The molecule has 1 aliphatic heterocycles. The van der Waals surface area contributed by atoms with Crippen LogP contribution in [0.1, 0.15) is 11.1 Å². The molecule has 0 aliphatic carbocycles. The van der Waals surface area contributed by atoms with Gasteiger partial charge in [0.05, 0.1) is 0 Å². The van der Waals surface area contributed by atoms with Gasteiger partial charge in [-0.25, -0.2) is 14.2 Å². The summed E-state index contributed by atoms with van der Waals surface area (Å²) in [5.41, 5.74) is 1.75. The van der Waals surface area contributed by atoms with Crippen LogP contribution in [0.3, 0.4) is 0 Å². The molecule has 0 fully saturated rings. The zero-order chi connectivity index (χ0) is 16.2. The van der Waals surface area contributed by atoms with Gasteiger partial charge in [0, 0.05) is 11.1 Å². The molecule has 0 spiro atoms. The first kappa shape index (κ1) is 15.2. The molecular formula is C18H11ClFNO2. The Morgan fingerprint density at radius 1 is 0.957 bits per heavy atom. The summed E-state index contributed by atoms with van der Waals surface area (Å²) in [7, 11) is 0. The Morgan fingerprint density at radius 3 is 2.30 bits per heavy atom. The number of hydrogen-bond donors (Lipinski definition) is 0. The number of ether oxygens (including phenoxy) is 1. The molecule has 5 heteroatoms. The number of nitrogens with zero attached hydrogens (tertiary/aromatic N) is 1. The van der Waals surface area contributed by atoms with Crippen molar-refractivity contribution in [2.75, 3.05) is 0 Å². The van der Waals surface area contributed by atoms with Gasteiger partial charge < -0.3 is 4.74 Å². The molecule has 0 unspecified atom stereocenters. The molecule has 2 aromatic rings. The third kappa shape index (κ3) is 3.93. The van der Waals surface area contributed by atoms with E-state index in [0.717, 1.165) is 5.56 Å². The molecule has 0 atom stereocenters. The first-order valence-corrected chi connectivity index (χ1v) is 7.20. The number of benzene rings is 2. The summed E-state index contributed by atoms with van der Waals surface area (Å²) in [5, 5.41) is 0.649. The van der Waals surface area contributed by atoms with Gasteiger partial charge in [-0.15, -0.1) is 0 Å². The lowest BCUT2D eigenvalue weighted by Gasteiger charge is -1.94. The Morgan fingerprint density at radius 2 is 1.61 bits per heavy atom. The van der Waals surface area contributed by atoms with E-state index in [2.05, 4.69) is 4.99 Å². The van der Waals surface area contributed by atoms with Gasteiger partial charge in [-0.05, 0) is 47.5 Å². The van der Waals surface area contributed by atoms with E-state index in [1.54, 1.807) is 42.5 Å². The third-order valence-corrected chi connectivity index (χ3v) is 3.35. The number of halogens is 2. The lowest BCUT2D eigenvalue weighted by atomic mass is 10.2. The molecule has 114 valence electrons. The molecule has 0 radical (unpaired) electrons. The fourth-order valence-corrected chi connectivity index (χ4v) is 2.08. The molecule has 0 aromatic heterocycles. The van der Waals surface area contributed by atoms with Crippen LogP contribution < -0.4 is 0 Å². The Balaban J connectivity index is 1.78. The molecule has 0 N–H and O–H groups in total. The van der Waals surface area contributed by atoms with Crippen molar-refractivity contribution in [2.24, 2.45) is 4.99 Å². The van der Waals surface area contributed by atoms with Crippen LogP contribution >= 0.6 is 11.6 Å². The highest BCUT2D eigenvalue weighted by molar-refractivity contribution is 6.30. The molecule has 0 saturated heterocycles. The van der Waals surface area contributed by atoms with E-state index in [1.165, 1.54) is 12.1 Å². The number of rotatable bonds is 3. The Labute approximate surface area is 137 Å². The smallest absolute Gasteiger partial charge is 0.363 e. The maximum Gasteiger partial charge on any atom is 0.363 e. The highest BCUT2D eigenvalue weighted by atomic mass is 35.5. The van der Waals surface area contributed by atoms with Crippen LogP contribution in [0.2, 0.25) is 5.02 Å². The minimum Gasteiger partial charge on any atom is -0.403 e. The van der Waals surface area contributed by atoms with Crippen LogP contribution in [0.4, 0.5) is 4.39 Å². The van der Waals surface area contributed by atoms with Crippen LogP contribution in [0.5, 0.6) is 0 Å². The summed E-state index contributed by atoms with van der Waals surface area (Å²) < 4.78 is 17.9. The van der Waals surface area contributed by atoms with Gasteiger partial charge in [0.2, 0.25) is 5.90 Å². The molecule has 1 aliphatic rings. The van der Waals surface area contributed by atoms with Gasteiger partial charge in [0.15, 0.2) is 5.70 Å². The lowest BCUT2D eigenvalue weighted by molar-refractivity contribution is -0.129. The summed E-state index contributed by atoms with van der Waals surface area (Å²) in [4.78, 5) is 15.9. The van der Waals surface area contributed by atoms with E-state index < -0.39 is 5.97 Å². The molecule has 3 rings (SSSR count). The normalized spacial score (nSPS) is 16.0. The minimum absolute atomic E-state index is 0.173. The van der Waals surface area contributed by atoms with Gasteiger partial charge in [0.25, 0.3) is 0 Å². The summed E-state index contributed by atoms with van der Waals surface area (Å²) in [6.07, 6.45) is 4.92. The second-order valence-electron chi connectivity index (χ2n) is 4.81. The maximum absolute atomic E-state index is 12.9. The van der Waals surface area contributed by atoms with Crippen molar-refractivity contribution in [1.29, 1.82) is 0 Å². The van der Waals surface area contributed by atoms with E-state index >= 15 is 0 Å². The van der Waals surface area contributed by atoms with Gasteiger partial charge in [-0.2, -0.15) is 0 Å². The maximum atomic E-state index is 12.9. The van der Waals surface area contributed by atoms with Crippen molar-refractivity contribution in [3.05, 3.63) is 82.3 Å². The van der Waals surface area contributed by atoms with Gasteiger partial charge in [-0.1, -0.05) is 35.9 Å². The van der Waals surface area contributed by atoms with E-state index in [0.29, 0.717) is 10.6 Å². The minimum atomic E-state index is -0.537. The monoisotopic (exact) mass is 327 g/mol. The van der Waals surface area contributed by atoms with E-state index in [1.807, 2.05) is 12.1 Å². The van der Waals surface area contributed by atoms with Gasteiger partial charge >= 0.3 is 5.97 Å². The predicted octanol–water partition coefficient (Wildman–Crippen LogP) is 4.49. The quantitative estimate of drug-likeness (QED) is 0.615. The van der Waals surface area contributed by atoms with Crippen molar-refractivity contribution in [2.45, 2.75) is 0 Å². The standard InChI is InChI=1S/C18H11ClFNO2/c19-14-6-1-12(2-7-14)5-10-17-21-16(18(22)23-17)11-13-3-8-15(20)9-4-13/h1-11H/b10-5+,16-11?. The number of aliphatic imine (C=N–C) groups is 1. The average Bonchev–Trinajstić information content (AvgIpc) is 2.89. The van der Waals surface area contributed by atoms with Crippen molar-refractivity contribution in [3.8, 4) is 0 Å². The van der Waals surface area contributed by atoms with E-state index in [9.17, 15) is 9.18 Å². The number of carbonyl (C=O) groups excluding carboxylic acids is 1. The largest absolute Gasteiger partial charge is 0.403 e. The second-order valence-corrected chi connectivity index (χ2v) is 5.24. The zero-order valence-corrected chi connectivity index (χ0v) is 12.6. The highest BCUT2D eigenvalue weighted by Gasteiger charge is 2.20. The molecule has 1 heterocycles. The molecular weight excluding hydrogens is 317 g/mol. The number of cyclic esters (lactones) is 1. The number of carbonyl (C=O) groups is 1. The molecule has 2 aromatic carbocycles. The van der Waals surface area contributed by atoms with Crippen LogP contribution in [0.25, 0.3) is 12.2 Å². The number of esters is 1. The fourth-order valence-electron chi connectivity index (χ4n) is 1.96. The predicted molar refractivity (Wildman–Crippen MR) is 88.4 cm³/mol. The second kappa shape index (κ2) is 6.58. The molecule has 0 bridgehead atoms. The summed E-state index contributed by atoms with van der Waals surface area (Å²) in [5.74, 6) is -0.667. The molecule has 23 heavy (non-hydrogen) atoms. The Hall–Kier alpha value is -2.72. The van der Waals surface area contributed by atoms with Gasteiger partial charge in [-0.3, -0.25) is 0 Å². The van der Waals surface area contributed by atoms with Crippen LogP contribution in [-0.2, 0) is 9.53 Å². The summed E-state index contributed by atoms with van der Waals surface area (Å²) >= 11 is 5.82. The molecule has 3 nitrogen and oxygen atoms in total. The summed E-state index contributed by atoms with van der Waals surface area (Å²) in [6.45, 7) is 0. The van der Waals surface area contributed by atoms with E-state index in [4.69, 9.17) is 16.3 Å². The topological polar surface area (TPSA) is 38.7 Å². The Kier molecular flexibility index (Phi) is 4.35. The summed E-state index contributed by atoms with van der Waals surface area (Å²) in [6, 6.07) is 13.0. The van der Waals surface area contributed by atoms with Crippen LogP contribution in [0, 0.1) is 5.82 Å². The van der Waals surface area contributed by atoms with Crippen molar-refractivity contribution in [3.63, 3.8) is 0 Å². The average molecular weight is 328 g/mol. The van der Waals surface area contributed by atoms with Crippen LogP contribution in [0.15, 0.2) is 65.3 Å². The van der Waals surface area contributed by atoms with Crippen LogP contribution in [-0.4, -0.2) is 11.9 Å². The highest BCUT2D eigenvalue weighted by Crippen LogP contribution is 2.17. The third-order valence-electron chi connectivity index (χ3n) is 3.10.